The van der Waals surface area contributed by atoms with Crippen molar-refractivity contribution >= 4 is 21.8 Å². The molecular formula is C21H26N2O. The lowest BCUT2D eigenvalue weighted by Crippen LogP contribution is -2.38. The van der Waals surface area contributed by atoms with E-state index in [4.69, 9.17) is 0 Å². The molecule has 0 amide bonds. The minimum atomic E-state index is -0.369. The molecule has 24 heavy (non-hydrogen) atoms. The fourth-order valence-electron chi connectivity index (χ4n) is 4.08. The first-order valence-corrected chi connectivity index (χ1v) is 9.20. The molecule has 1 aliphatic rings. The van der Waals surface area contributed by atoms with Crippen molar-refractivity contribution in [3.8, 4) is 0 Å². The molecule has 1 aliphatic carbocycles. The van der Waals surface area contributed by atoms with Gasteiger partial charge in [-0.05, 0) is 25.0 Å². The molecule has 0 saturated heterocycles. The van der Waals surface area contributed by atoms with Gasteiger partial charge in [-0.2, -0.15) is 0 Å². The topological polar surface area (TPSA) is 37.2 Å². The standard InChI is InChI=1S/C21H26N2O/c24-17(14-22-16-8-2-1-3-9-16)15-23-20-12-6-4-10-18(20)19-11-5-7-13-21(19)23/h4-7,10-13,16-17,22,24H,1-3,8-9,14-15H2/t17-/m1/s1. The third-order valence-electron chi connectivity index (χ3n) is 5.32. The number of benzene rings is 2. The lowest BCUT2D eigenvalue weighted by Gasteiger charge is -2.24. The van der Waals surface area contributed by atoms with E-state index < -0.39 is 0 Å². The van der Waals surface area contributed by atoms with Crippen LogP contribution < -0.4 is 5.32 Å². The number of para-hydroxylation sites is 2. The Morgan fingerprint density at radius 1 is 0.917 bits per heavy atom. The highest BCUT2D eigenvalue weighted by atomic mass is 16.3. The SMILES string of the molecule is O[C@H](CNC1CCCCC1)Cn1c2ccccc2c2ccccc21. The molecule has 4 rings (SSSR count). The summed E-state index contributed by atoms with van der Waals surface area (Å²) in [7, 11) is 0. The number of aromatic nitrogens is 1. The Labute approximate surface area is 143 Å². The Hall–Kier alpha value is -1.84. The van der Waals surface area contributed by atoms with Crippen LogP contribution >= 0.6 is 0 Å². The van der Waals surface area contributed by atoms with Crippen LogP contribution in [0, 0.1) is 0 Å². The van der Waals surface area contributed by atoms with Crippen molar-refractivity contribution in [2.75, 3.05) is 6.54 Å². The van der Waals surface area contributed by atoms with Gasteiger partial charge in [-0.25, -0.2) is 0 Å². The van der Waals surface area contributed by atoms with E-state index in [-0.39, 0.29) is 6.10 Å². The van der Waals surface area contributed by atoms with Crippen LogP contribution in [0.1, 0.15) is 32.1 Å². The van der Waals surface area contributed by atoms with Gasteiger partial charge in [0.05, 0.1) is 12.6 Å². The summed E-state index contributed by atoms with van der Waals surface area (Å²) in [6.07, 6.45) is 6.14. The van der Waals surface area contributed by atoms with Gasteiger partial charge in [0, 0.05) is 34.4 Å². The molecule has 1 heterocycles. The van der Waals surface area contributed by atoms with Gasteiger partial charge in [0.15, 0.2) is 0 Å². The summed E-state index contributed by atoms with van der Waals surface area (Å²) in [5.41, 5.74) is 2.41. The molecule has 0 unspecified atom stereocenters. The van der Waals surface area contributed by atoms with E-state index in [1.54, 1.807) is 0 Å². The average molecular weight is 322 g/mol. The van der Waals surface area contributed by atoms with Gasteiger partial charge in [-0.15, -0.1) is 0 Å². The first-order chi connectivity index (χ1) is 11.8. The van der Waals surface area contributed by atoms with E-state index in [1.807, 2.05) is 0 Å². The van der Waals surface area contributed by atoms with Crippen LogP contribution in [0.25, 0.3) is 21.8 Å². The minimum Gasteiger partial charge on any atom is -0.390 e. The molecule has 1 fully saturated rings. The molecule has 1 saturated carbocycles. The molecule has 3 nitrogen and oxygen atoms in total. The molecule has 0 spiro atoms. The van der Waals surface area contributed by atoms with Crippen LogP contribution in [-0.2, 0) is 6.54 Å². The Balaban J connectivity index is 1.54. The molecule has 0 radical (unpaired) electrons. The zero-order valence-corrected chi connectivity index (χ0v) is 14.1. The van der Waals surface area contributed by atoms with Crippen LogP contribution in [0.15, 0.2) is 48.5 Å². The van der Waals surface area contributed by atoms with E-state index in [9.17, 15) is 5.11 Å². The Bertz CT molecular complexity index is 764. The largest absolute Gasteiger partial charge is 0.390 e. The second-order valence-electron chi connectivity index (χ2n) is 7.04. The Morgan fingerprint density at radius 3 is 2.12 bits per heavy atom. The normalized spacial score (nSPS) is 17.5. The fourth-order valence-corrected chi connectivity index (χ4v) is 4.08. The van der Waals surface area contributed by atoms with E-state index in [0.717, 1.165) is 0 Å². The number of rotatable bonds is 5. The van der Waals surface area contributed by atoms with Crippen molar-refractivity contribution in [2.24, 2.45) is 0 Å². The summed E-state index contributed by atoms with van der Waals surface area (Å²) in [5.74, 6) is 0. The molecule has 3 aromatic rings. The third kappa shape index (κ3) is 3.06. The maximum atomic E-state index is 10.6. The highest BCUT2D eigenvalue weighted by molar-refractivity contribution is 6.07. The van der Waals surface area contributed by atoms with Crippen molar-refractivity contribution in [1.29, 1.82) is 0 Å². The lowest BCUT2D eigenvalue weighted by molar-refractivity contribution is 0.147. The number of aliphatic hydroxyl groups is 1. The third-order valence-corrected chi connectivity index (χ3v) is 5.32. The number of hydrogen-bond acceptors (Lipinski definition) is 2. The molecule has 0 bridgehead atoms. The summed E-state index contributed by atoms with van der Waals surface area (Å²) in [6, 6.07) is 17.5. The maximum absolute atomic E-state index is 10.6. The van der Waals surface area contributed by atoms with Crippen LogP contribution in [0.3, 0.4) is 0 Å². The van der Waals surface area contributed by atoms with Crippen molar-refractivity contribution in [1.82, 2.24) is 9.88 Å². The van der Waals surface area contributed by atoms with Gasteiger partial charge in [-0.3, -0.25) is 0 Å². The molecule has 3 heteroatoms. The Morgan fingerprint density at radius 2 is 1.50 bits per heavy atom. The van der Waals surface area contributed by atoms with Crippen molar-refractivity contribution in [2.45, 2.75) is 50.8 Å². The Kier molecular flexibility index (Phi) is 4.54. The van der Waals surface area contributed by atoms with Crippen LogP contribution in [-0.4, -0.2) is 28.4 Å². The zero-order chi connectivity index (χ0) is 16.4. The number of fused-ring (bicyclic) bond motifs is 3. The number of nitrogens with zero attached hydrogens (tertiary/aromatic N) is 1. The summed E-state index contributed by atoms with van der Waals surface area (Å²) in [5, 5.41) is 16.7. The van der Waals surface area contributed by atoms with Crippen molar-refractivity contribution in [3.63, 3.8) is 0 Å². The predicted octanol–water partition coefficient (Wildman–Crippen LogP) is 4.08. The zero-order valence-electron chi connectivity index (χ0n) is 14.1. The molecule has 2 N–H and O–H groups in total. The van der Waals surface area contributed by atoms with E-state index in [1.165, 1.54) is 53.9 Å². The fraction of sp³-hybridized carbons (Fsp3) is 0.429. The second kappa shape index (κ2) is 6.96. The molecule has 2 aromatic carbocycles. The molecular weight excluding hydrogens is 296 g/mol. The maximum Gasteiger partial charge on any atom is 0.0843 e. The van der Waals surface area contributed by atoms with Gasteiger partial charge in [0.2, 0.25) is 0 Å². The number of hydrogen-bond donors (Lipinski definition) is 2. The number of aliphatic hydroxyl groups excluding tert-OH is 1. The number of nitrogens with one attached hydrogen (secondary N) is 1. The quantitative estimate of drug-likeness (QED) is 0.743. The summed E-state index contributed by atoms with van der Waals surface area (Å²) >= 11 is 0. The van der Waals surface area contributed by atoms with Gasteiger partial charge in [0.25, 0.3) is 0 Å². The van der Waals surface area contributed by atoms with E-state index >= 15 is 0 Å². The van der Waals surface area contributed by atoms with E-state index in [2.05, 4.69) is 58.4 Å². The van der Waals surface area contributed by atoms with Crippen molar-refractivity contribution < 1.29 is 5.11 Å². The minimum absolute atomic E-state index is 0.369. The van der Waals surface area contributed by atoms with Crippen LogP contribution in [0.5, 0.6) is 0 Å². The molecule has 1 atom stereocenters. The first kappa shape index (κ1) is 15.7. The van der Waals surface area contributed by atoms with Crippen LogP contribution in [0.2, 0.25) is 0 Å². The summed E-state index contributed by atoms with van der Waals surface area (Å²) < 4.78 is 2.26. The monoisotopic (exact) mass is 322 g/mol. The molecule has 1 aromatic heterocycles. The lowest BCUT2D eigenvalue weighted by atomic mass is 9.95. The van der Waals surface area contributed by atoms with Crippen LogP contribution in [0.4, 0.5) is 0 Å². The van der Waals surface area contributed by atoms with Gasteiger partial charge in [0.1, 0.15) is 0 Å². The van der Waals surface area contributed by atoms with Gasteiger partial charge < -0.3 is 15.0 Å². The average Bonchev–Trinajstić information content (AvgIpc) is 2.95. The van der Waals surface area contributed by atoms with E-state index in [0.29, 0.717) is 19.1 Å². The smallest absolute Gasteiger partial charge is 0.0843 e. The second-order valence-corrected chi connectivity index (χ2v) is 7.04. The summed E-state index contributed by atoms with van der Waals surface area (Å²) in [4.78, 5) is 0. The molecule has 0 aliphatic heterocycles. The molecule has 126 valence electrons. The van der Waals surface area contributed by atoms with Crippen molar-refractivity contribution in [3.05, 3.63) is 48.5 Å². The van der Waals surface area contributed by atoms with Gasteiger partial charge in [-0.1, -0.05) is 55.7 Å². The first-order valence-electron chi connectivity index (χ1n) is 9.20. The highest BCUT2D eigenvalue weighted by Gasteiger charge is 2.16. The predicted molar refractivity (Wildman–Crippen MR) is 100 cm³/mol. The van der Waals surface area contributed by atoms with Gasteiger partial charge >= 0.3 is 0 Å². The highest BCUT2D eigenvalue weighted by Crippen LogP contribution is 2.28. The summed E-state index contributed by atoms with van der Waals surface area (Å²) in [6.45, 7) is 1.30.